The third kappa shape index (κ3) is 5.98. The van der Waals surface area contributed by atoms with Crippen LogP contribution in [-0.2, 0) is 0 Å². The zero-order valence-electron chi connectivity index (χ0n) is 42.6. The topological polar surface area (TPSA) is 163 Å². The third-order valence-corrected chi connectivity index (χ3v) is 16.6. The second-order valence-corrected chi connectivity index (χ2v) is 21.1. The largest absolute Gasteiger partial charge is 0.354 e. The van der Waals surface area contributed by atoms with E-state index in [1.54, 1.807) is 0 Å². The van der Waals surface area contributed by atoms with Crippen LogP contribution in [-0.4, -0.2) is 59.8 Å². The molecule has 0 saturated carbocycles. The highest BCUT2D eigenvalue weighted by atomic mass is 14.9. The Bertz CT molecular complexity index is 5220. The number of H-pyrrole nitrogens is 3. The molecule has 81 heavy (non-hydrogen) atoms. The van der Waals surface area contributed by atoms with Crippen molar-refractivity contribution in [2.45, 2.75) is 0 Å². The van der Waals surface area contributed by atoms with Crippen LogP contribution >= 0.6 is 0 Å². The summed E-state index contributed by atoms with van der Waals surface area (Å²) in [5, 5.41) is 5.03. The van der Waals surface area contributed by atoms with Crippen molar-refractivity contribution in [3.8, 4) is 33.4 Å². The van der Waals surface area contributed by atoms with Crippen LogP contribution in [0.25, 0.3) is 201 Å². The zero-order valence-corrected chi connectivity index (χ0v) is 42.6. The number of fused-ring (bicyclic) bond motifs is 18. The molecule has 12 heterocycles. The van der Waals surface area contributed by atoms with Gasteiger partial charge in [-0.2, -0.15) is 0 Å². The van der Waals surface area contributed by atoms with Crippen molar-refractivity contribution in [2.75, 3.05) is 0 Å². The molecular formula is C69H36N12. The molecule has 19 rings (SSSR count). The van der Waals surface area contributed by atoms with Gasteiger partial charge in [0.2, 0.25) is 0 Å². The first-order chi connectivity index (χ1) is 40.1. The Kier molecular flexibility index (Phi) is 8.25. The Morgan fingerprint density at radius 3 is 0.704 bits per heavy atom. The number of aromatic amines is 3. The molecule has 7 aromatic carbocycles. The van der Waals surface area contributed by atoms with E-state index in [0.717, 1.165) is 133 Å². The Balaban J connectivity index is 1.11. The fraction of sp³-hybridized carbons (Fsp3) is 0. The van der Waals surface area contributed by atoms with Crippen molar-refractivity contribution in [3.05, 3.63) is 198 Å². The molecule has 0 radical (unpaired) electrons. The predicted molar refractivity (Wildman–Crippen MR) is 329 cm³/mol. The molecule has 0 fully saturated rings. The van der Waals surface area contributed by atoms with Gasteiger partial charge in [-0.05, 0) is 126 Å². The van der Waals surface area contributed by atoms with E-state index >= 15 is 0 Å². The highest BCUT2D eigenvalue weighted by Crippen LogP contribution is 2.43. The molecule has 0 aliphatic carbocycles. The van der Waals surface area contributed by atoms with Crippen LogP contribution in [0.2, 0.25) is 0 Å². The molecule has 0 spiro atoms. The van der Waals surface area contributed by atoms with Crippen molar-refractivity contribution < 1.29 is 0 Å². The minimum absolute atomic E-state index is 0.540. The molecule has 3 aliphatic heterocycles. The van der Waals surface area contributed by atoms with E-state index in [1.165, 1.54) is 0 Å². The molecule has 16 aromatic rings. The van der Waals surface area contributed by atoms with Gasteiger partial charge in [0.1, 0.15) is 33.1 Å². The summed E-state index contributed by atoms with van der Waals surface area (Å²) in [6.45, 7) is 0. The van der Waals surface area contributed by atoms with Crippen molar-refractivity contribution in [2.24, 2.45) is 0 Å². The van der Waals surface area contributed by atoms with E-state index in [-0.39, 0.29) is 0 Å². The lowest BCUT2D eigenvalue weighted by atomic mass is 10.0. The first-order valence-corrected chi connectivity index (χ1v) is 27.0. The third-order valence-electron chi connectivity index (χ3n) is 16.6. The summed E-state index contributed by atoms with van der Waals surface area (Å²) in [7, 11) is 0. The van der Waals surface area contributed by atoms with Gasteiger partial charge in [0.25, 0.3) is 0 Å². The minimum Gasteiger partial charge on any atom is -0.354 e. The fourth-order valence-corrected chi connectivity index (χ4v) is 12.9. The van der Waals surface area contributed by atoms with Crippen molar-refractivity contribution in [1.82, 2.24) is 59.8 Å². The second-order valence-electron chi connectivity index (χ2n) is 21.1. The molecule has 0 saturated heterocycles. The summed E-state index contributed by atoms with van der Waals surface area (Å²) in [4.78, 5) is 62.8. The highest BCUT2D eigenvalue weighted by Gasteiger charge is 2.26. The number of nitrogens with one attached hydrogen (secondary N) is 3. The van der Waals surface area contributed by atoms with Gasteiger partial charge in [-0.15, -0.1) is 0 Å². The van der Waals surface area contributed by atoms with Gasteiger partial charge in [0.15, 0.2) is 0 Å². The van der Waals surface area contributed by atoms with Crippen molar-refractivity contribution >= 4 is 168 Å². The van der Waals surface area contributed by atoms with Crippen LogP contribution < -0.4 is 0 Å². The summed E-state index contributed by atoms with van der Waals surface area (Å²) in [5.41, 5.74) is 23.2. The second kappa shape index (κ2) is 15.6. The van der Waals surface area contributed by atoms with Crippen LogP contribution in [0.5, 0.6) is 0 Å². The Morgan fingerprint density at radius 2 is 0.420 bits per heavy atom. The Hall–Kier alpha value is -11.4. The molecule has 372 valence electrons. The lowest BCUT2D eigenvalue weighted by Gasteiger charge is -2.13. The number of nitrogens with zero attached hydrogens (tertiary/aromatic N) is 9. The van der Waals surface area contributed by atoms with Gasteiger partial charge in [-0.3, -0.25) is 0 Å². The maximum absolute atomic E-state index is 5.81. The number of aromatic nitrogens is 12. The number of hydrogen-bond acceptors (Lipinski definition) is 9. The maximum atomic E-state index is 5.81. The molecule has 12 heteroatoms. The van der Waals surface area contributed by atoms with Crippen LogP contribution in [0.15, 0.2) is 164 Å². The normalized spacial score (nSPS) is 13.0. The number of rotatable bonds is 3. The monoisotopic (exact) mass is 1030 g/mol. The SMILES string of the molecule is C1=Cc2nc1c(-c1ccccc1)c1ccc([nH]1)c1ccc3c4nc(c(-c5ccccc5)c5ccc([nH]5)c5ccc6c7nc(c(-c8ccccc8)c8ccc([nH]8)c8ccc2c2nc9c%10nc1c3nc%10c1nc5c6nc1c9nc82)C=C7)C=C4. The van der Waals surface area contributed by atoms with Gasteiger partial charge in [-0.1, -0.05) is 91.0 Å². The number of benzene rings is 7. The van der Waals surface area contributed by atoms with Crippen LogP contribution in [0.3, 0.4) is 0 Å². The van der Waals surface area contributed by atoms with Crippen LogP contribution in [0.1, 0.15) is 34.2 Å². The molecular weight excluding hydrogens is 997 g/mol. The van der Waals surface area contributed by atoms with Gasteiger partial charge < -0.3 is 15.0 Å². The summed E-state index contributed by atoms with van der Waals surface area (Å²) < 4.78 is 0. The first kappa shape index (κ1) is 42.7. The first-order valence-electron chi connectivity index (χ1n) is 27.0. The van der Waals surface area contributed by atoms with E-state index < -0.39 is 0 Å². The van der Waals surface area contributed by atoms with E-state index in [0.29, 0.717) is 66.2 Å². The highest BCUT2D eigenvalue weighted by molar-refractivity contribution is 6.26. The van der Waals surface area contributed by atoms with Crippen molar-refractivity contribution in [1.29, 1.82) is 0 Å². The molecule has 9 aromatic heterocycles. The lowest BCUT2D eigenvalue weighted by molar-refractivity contribution is 1.32. The lowest BCUT2D eigenvalue weighted by Crippen LogP contribution is -2.00. The van der Waals surface area contributed by atoms with E-state index in [9.17, 15) is 0 Å². The molecule has 0 atom stereocenters. The van der Waals surface area contributed by atoms with E-state index in [1.807, 2.05) is 18.2 Å². The van der Waals surface area contributed by atoms with Gasteiger partial charge in [0, 0.05) is 82.1 Å². The average Bonchev–Trinajstić information content (AvgIpc) is 2.81. The predicted octanol–water partition coefficient (Wildman–Crippen LogP) is 16.2. The van der Waals surface area contributed by atoms with E-state index in [4.69, 9.17) is 44.9 Å². The van der Waals surface area contributed by atoms with E-state index in [2.05, 4.69) is 197 Å². The molecule has 12 nitrogen and oxygen atoms in total. The van der Waals surface area contributed by atoms with Crippen LogP contribution in [0, 0.1) is 0 Å². The fourth-order valence-electron chi connectivity index (χ4n) is 12.9. The number of hydrogen-bond donors (Lipinski definition) is 3. The van der Waals surface area contributed by atoms with Crippen LogP contribution in [0.4, 0.5) is 0 Å². The minimum atomic E-state index is 0.540. The Morgan fingerprint density at radius 1 is 0.185 bits per heavy atom. The van der Waals surface area contributed by atoms with Gasteiger partial charge in [0.05, 0.1) is 67.3 Å². The smallest absolute Gasteiger partial charge is 0.120 e. The summed E-state index contributed by atoms with van der Waals surface area (Å²) in [6.07, 6.45) is 12.6. The quantitative estimate of drug-likeness (QED) is 0.115. The standard InChI is InChI=1S/C69H36N12/c1-4-10-34(11-5-1)55-49-28-22-43(70-49)37-16-18-39-45-24-30-51(72-45)56(35-12-6-2-7-13-35)53-32-26-47(74-53)41-20-21-42-48-27-33-54(75-48)57(36-14-8-3-9-15-36)52-31-25-46(73-52)40-19-17-38(44-23-29-50(55)71-44)59-61(40)79-67-65(77-59)64-66(78-60(39)58(37)76-64)68-69(67)81-63(42)62(41)80-68/h1-33,70,73-74H. The zero-order chi connectivity index (χ0) is 52.6. The van der Waals surface area contributed by atoms with Gasteiger partial charge in [-0.25, -0.2) is 44.9 Å². The molecule has 0 unspecified atom stereocenters. The average molecular weight is 1030 g/mol. The van der Waals surface area contributed by atoms with Crippen molar-refractivity contribution in [3.63, 3.8) is 0 Å². The molecule has 0 amide bonds. The molecule has 3 N–H and O–H groups in total. The summed E-state index contributed by atoms with van der Waals surface area (Å²) in [6, 6.07) is 56.8. The maximum Gasteiger partial charge on any atom is 0.120 e. The molecule has 24 bridgehead atoms. The van der Waals surface area contributed by atoms with Gasteiger partial charge >= 0.3 is 0 Å². The summed E-state index contributed by atoms with van der Waals surface area (Å²) >= 11 is 0. The summed E-state index contributed by atoms with van der Waals surface area (Å²) in [5.74, 6) is 0. The molecule has 3 aliphatic rings. The Labute approximate surface area is 457 Å².